The Hall–Kier alpha value is -2.94. The van der Waals surface area contributed by atoms with Crippen LogP contribution in [0.3, 0.4) is 0 Å². The van der Waals surface area contributed by atoms with Gasteiger partial charge in [0.2, 0.25) is 0 Å². The molecule has 1 N–H and O–H groups in total. The summed E-state index contributed by atoms with van der Waals surface area (Å²) in [7, 11) is 1.29. The summed E-state index contributed by atoms with van der Waals surface area (Å²) in [5.41, 5.74) is 0.659. The van der Waals surface area contributed by atoms with Crippen LogP contribution >= 0.6 is 0 Å². The van der Waals surface area contributed by atoms with Crippen molar-refractivity contribution in [1.82, 2.24) is 5.32 Å². The molecule has 1 aromatic carbocycles. The minimum atomic E-state index is -0.733. The van der Waals surface area contributed by atoms with Gasteiger partial charge >= 0.3 is 23.9 Å². The lowest BCUT2D eigenvalue weighted by Gasteiger charge is -2.19. The summed E-state index contributed by atoms with van der Waals surface area (Å²) in [6.07, 6.45) is 3.06. The summed E-state index contributed by atoms with van der Waals surface area (Å²) >= 11 is 0. The maximum absolute atomic E-state index is 12.5. The number of hydrogen-bond donors (Lipinski definition) is 1. The van der Waals surface area contributed by atoms with Gasteiger partial charge in [-0.25, -0.2) is 0 Å². The fourth-order valence-electron chi connectivity index (χ4n) is 3.29. The zero-order valence-electron chi connectivity index (χ0n) is 23.3. The number of esters is 4. The molecule has 1 rings (SSSR count). The number of benzene rings is 1. The smallest absolute Gasteiger partial charge is 0.323 e. The molecule has 1 aromatic rings. The molecule has 37 heavy (non-hydrogen) atoms. The zero-order chi connectivity index (χ0) is 28.0. The van der Waals surface area contributed by atoms with Gasteiger partial charge in [0.1, 0.15) is 12.6 Å². The summed E-state index contributed by atoms with van der Waals surface area (Å²) in [5, 5.41) is 3.06. The van der Waals surface area contributed by atoms with Gasteiger partial charge in [0, 0.05) is 6.54 Å². The molecule has 0 radical (unpaired) electrons. The summed E-state index contributed by atoms with van der Waals surface area (Å²) < 4.78 is 21.3. The van der Waals surface area contributed by atoms with Crippen LogP contribution < -0.4 is 14.8 Å². The Morgan fingerprint density at radius 2 is 1.41 bits per heavy atom. The molecule has 9 nitrogen and oxygen atoms in total. The van der Waals surface area contributed by atoms with E-state index >= 15 is 0 Å². The summed E-state index contributed by atoms with van der Waals surface area (Å²) in [4.78, 5) is 49.3. The van der Waals surface area contributed by atoms with Gasteiger partial charge in [0.25, 0.3) is 0 Å². The second-order valence-electron chi connectivity index (χ2n) is 9.33. The molecule has 208 valence electrons. The number of carbonyl (C=O) groups is 4. The van der Waals surface area contributed by atoms with E-state index in [4.69, 9.17) is 18.9 Å². The van der Waals surface area contributed by atoms with E-state index in [0.29, 0.717) is 18.4 Å². The first-order chi connectivity index (χ1) is 17.6. The predicted octanol–water partition coefficient (Wildman–Crippen LogP) is 4.24. The van der Waals surface area contributed by atoms with E-state index in [1.165, 1.54) is 7.11 Å². The third-order valence-corrected chi connectivity index (χ3v) is 6.25. The van der Waals surface area contributed by atoms with Crippen molar-refractivity contribution in [3.63, 3.8) is 0 Å². The SMILES string of the molecule is CCCC(C)C(=O)OCCN[C@@H](Cc1ccc(OC(=O)C(C)CC)c(OC(=O)C(C)CC)c1)C(=O)OC. The van der Waals surface area contributed by atoms with Crippen LogP contribution in [0.15, 0.2) is 18.2 Å². The number of methoxy groups -OCH3 is 1. The maximum Gasteiger partial charge on any atom is 0.323 e. The minimum absolute atomic E-state index is 0.113. The Bertz CT molecular complexity index is 900. The average Bonchev–Trinajstić information content (AvgIpc) is 2.89. The van der Waals surface area contributed by atoms with E-state index in [1.807, 2.05) is 27.7 Å². The fourth-order valence-corrected chi connectivity index (χ4v) is 3.29. The molecular formula is C28H43NO8. The van der Waals surface area contributed by atoms with Crippen molar-refractivity contribution in [3.8, 4) is 11.5 Å². The van der Waals surface area contributed by atoms with Crippen LogP contribution in [0.5, 0.6) is 11.5 Å². The second kappa shape index (κ2) is 16.7. The Balaban J connectivity index is 3.01. The van der Waals surface area contributed by atoms with Crippen molar-refractivity contribution < 1.29 is 38.1 Å². The highest BCUT2D eigenvalue weighted by Gasteiger charge is 2.23. The fraction of sp³-hybridized carbons (Fsp3) is 0.643. The molecule has 0 spiro atoms. The van der Waals surface area contributed by atoms with Crippen LogP contribution in [-0.4, -0.2) is 50.2 Å². The van der Waals surface area contributed by atoms with E-state index in [0.717, 1.165) is 12.8 Å². The number of rotatable bonds is 16. The van der Waals surface area contributed by atoms with E-state index in [9.17, 15) is 19.2 Å². The average molecular weight is 522 g/mol. The molecule has 0 heterocycles. The van der Waals surface area contributed by atoms with Crippen molar-refractivity contribution >= 4 is 23.9 Å². The van der Waals surface area contributed by atoms with E-state index in [1.54, 1.807) is 32.0 Å². The molecule has 0 amide bonds. The number of nitrogens with one attached hydrogen (secondary N) is 1. The predicted molar refractivity (Wildman–Crippen MR) is 139 cm³/mol. The molecule has 0 aromatic heterocycles. The molecule has 4 atom stereocenters. The molecular weight excluding hydrogens is 478 g/mol. The Morgan fingerprint density at radius 1 is 0.811 bits per heavy atom. The van der Waals surface area contributed by atoms with Crippen LogP contribution in [-0.2, 0) is 35.1 Å². The first kappa shape index (κ1) is 32.1. The van der Waals surface area contributed by atoms with Crippen LogP contribution in [0.25, 0.3) is 0 Å². The van der Waals surface area contributed by atoms with Gasteiger partial charge in [-0.3, -0.25) is 19.2 Å². The third-order valence-electron chi connectivity index (χ3n) is 6.25. The van der Waals surface area contributed by atoms with Crippen molar-refractivity contribution in [2.24, 2.45) is 17.8 Å². The zero-order valence-corrected chi connectivity index (χ0v) is 23.3. The van der Waals surface area contributed by atoms with Crippen LogP contribution in [0, 0.1) is 17.8 Å². The van der Waals surface area contributed by atoms with Crippen LogP contribution in [0.4, 0.5) is 0 Å². The first-order valence-corrected chi connectivity index (χ1v) is 13.1. The van der Waals surface area contributed by atoms with Crippen molar-refractivity contribution in [2.75, 3.05) is 20.3 Å². The van der Waals surface area contributed by atoms with E-state index in [-0.39, 0.29) is 54.8 Å². The van der Waals surface area contributed by atoms with E-state index in [2.05, 4.69) is 5.32 Å². The maximum atomic E-state index is 12.5. The highest BCUT2D eigenvalue weighted by Crippen LogP contribution is 2.31. The molecule has 0 bridgehead atoms. The highest BCUT2D eigenvalue weighted by molar-refractivity contribution is 5.79. The summed E-state index contributed by atoms with van der Waals surface area (Å²) in [6.45, 7) is 11.5. The van der Waals surface area contributed by atoms with Crippen molar-refractivity contribution in [1.29, 1.82) is 0 Å². The van der Waals surface area contributed by atoms with Crippen LogP contribution in [0.2, 0.25) is 0 Å². The largest absolute Gasteiger partial charge is 0.468 e. The van der Waals surface area contributed by atoms with Crippen LogP contribution in [0.1, 0.15) is 72.8 Å². The first-order valence-electron chi connectivity index (χ1n) is 13.1. The standard InChI is InChI=1S/C28H43NO8/c1-8-11-20(6)25(30)35-15-14-29-22(28(33)34-7)16-21-12-13-23(36-26(31)18(4)9-2)24(17-21)37-27(32)19(5)10-3/h12-13,17-20,22,29H,8-11,14-16H2,1-7H3/t18?,19?,20?,22-/m0/s1. The molecule has 0 fully saturated rings. The van der Waals surface area contributed by atoms with Gasteiger partial charge in [0.05, 0.1) is 24.9 Å². The lowest BCUT2D eigenvalue weighted by Crippen LogP contribution is -2.41. The summed E-state index contributed by atoms with van der Waals surface area (Å²) in [6, 6.07) is 4.11. The topological polar surface area (TPSA) is 117 Å². The molecule has 0 saturated heterocycles. The number of ether oxygens (including phenoxy) is 4. The van der Waals surface area contributed by atoms with Crippen molar-refractivity contribution in [2.45, 2.75) is 79.7 Å². The molecule has 0 saturated carbocycles. The van der Waals surface area contributed by atoms with Gasteiger partial charge in [-0.05, 0) is 43.4 Å². The van der Waals surface area contributed by atoms with Crippen molar-refractivity contribution in [3.05, 3.63) is 23.8 Å². The van der Waals surface area contributed by atoms with Gasteiger partial charge in [-0.2, -0.15) is 0 Å². The third kappa shape index (κ3) is 10.9. The van der Waals surface area contributed by atoms with Gasteiger partial charge in [0.15, 0.2) is 11.5 Å². The lowest BCUT2D eigenvalue weighted by molar-refractivity contribution is -0.148. The quantitative estimate of drug-likeness (QED) is 0.194. The highest BCUT2D eigenvalue weighted by atomic mass is 16.6. The second-order valence-corrected chi connectivity index (χ2v) is 9.33. The van der Waals surface area contributed by atoms with Gasteiger partial charge < -0.3 is 24.3 Å². The number of hydrogen-bond acceptors (Lipinski definition) is 9. The monoisotopic (exact) mass is 521 g/mol. The lowest BCUT2D eigenvalue weighted by atomic mass is 10.0. The van der Waals surface area contributed by atoms with E-state index < -0.39 is 23.9 Å². The molecule has 0 aliphatic heterocycles. The Morgan fingerprint density at radius 3 is 1.95 bits per heavy atom. The van der Waals surface area contributed by atoms with Gasteiger partial charge in [-0.15, -0.1) is 0 Å². The Labute approximate surface area is 220 Å². The normalized spacial score (nSPS) is 14.1. The summed E-state index contributed by atoms with van der Waals surface area (Å²) in [5.74, 6) is -2.20. The molecule has 9 heteroatoms. The molecule has 0 aliphatic rings. The van der Waals surface area contributed by atoms with Gasteiger partial charge in [-0.1, -0.05) is 54.0 Å². The molecule has 0 aliphatic carbocycles. The number of carbonyl (C=O) groups excluding carboxylic acids is 4. The Kier molecular flexibility index (Phi) is 14.5. The molecule has 3 unspecified atom stereocenters. The minimum Gasteiger partial charge on any atom is -0.468 e.